The fourth-order valence-corrected chi connectivity index (χ4v) is 3.13. The summed E-state index contributed by atoms with van der Waals surface area (Å²) in [5, 5.41) is 4.68. The van der Waals surface area contributed by atoms with E-state index in [2.05, 4.69) is 57.1 Å². The number of aryl methyl sites for hydroxylation is 2. The molecule has 1 aromatic rings. The molecule has 0 aliphatic rings. The lowest BCUT2D eigenvalue weighted by atomic mass is 10.1. The van der Waals surface area contributed by atoms with Crippen molar-refractivity contribution >= 4 is 11.8 Å². The highest BCUT2D eigenvalue weighted by Gasteiger charge is 2.12. The van der Waals surface area contributed by atoms with Crippen LogP contribution >= 0.6 is 11.8 Å². The minimum absolute atomic E-state index is 0.563. The van der Waals surface area contributed by atoms with Gasteiger partial charge < -0.3 is 5.32 Å². The molecule has 0 radical (unpaired) electrons. The molecular formula is C14H24N2S. The minimum atomic E-state index is 0.563. The highest BCUT2D eigenvalue weighted by molar-refractivity contribution is 7.99. The molecule has 0 aliphatic heterocycles. The summed E-state index contributed by atoms with van der Waals surface area (Å²) in [5.74, 6) is 1.75. The first-order valence-corrected chi connectivity index (χ1v) is 7.33. The van der Waals surface area contributed by atoms with Crippen LogP contribution in [0.1, 0.15) is 32.0 Å². The molecule has 1 N–H and O–H groups in total. The van der Waals surface area contributed by atoms with Gasteiger partial charge in [-0.05, 0) is 44.0 Å². The Labute approximate surface area is 110 Å². The van der Waals surface area contributed by atoms with Gasteiger partial charge in [0.25, 0.3) is 0 Å². The van der Waals surface area contributed by atoms with Crippen molar-refractivity contribution in [3.8, 4) is 0 Å². The fraction of sp³-hybridized carbons (Fsp3) is 0.643. The highest BCUT2D eigenvalue weighted by atomic mass is 32.2. The van der Waals surface area contributed by atoms with Crippen molar-refractivity contribution in [1.82, 2.24) is 10.3 Å². The Hall–Kier alpha value is -0.540. The van der Waals surface area contributed by atoms with Gasteiger partial charge in [-0.25, -0.2) is 4.98 Å². The van der Waals surface area contributed by atoms with Crippen LogP contribution in [-0.4, -0.2) is 23.3 Å². The molecule has 2 nitrogen and oxygen atoms in total. The van der Waals surface area contributed by atoms with Gasteiger partial charge in [-0.1, -0.05) is 20.8 Å². The van der Waals surface area contributed by atoms with E-state index in [-0.39, 0.29) is 0 Å². The summed E-state index contributed by atoms with van der Waals surface area (Å²) in [6.45, 7) is 11.9. The normalized spacial score (nSPS) is 13.1. The quantitative estimate of drug-likeness (QED) is 0.785. The first kappa shape index (κ1) is 14.5. The number of aromatic nitrogens is 1. The largest absolute Gasteiger partial charge is 0.313 e. The summed E-state index contributed by atoms with van der Waals surface area (Å²) in [5.41, 5.74) is 2.40. The zero-order valence-electron chi connectivity index (χ0n) is 11.6. The van der Waals surface area contributed by atoms with Crippen LogP contribution in [0.5, 0.6) is 0 Å². The van der Waals surface area contributed by atoms with Crippen LogP contribution in [0.2, 0.25) is 0 Å². The van der Waals surface area contributed by atoms with E-state index in [4.69, 9.17) is 0 Å². The molecule has 0 spiro atoms. The lowest BCUT2D eigenvalue weighted by Crippen LogP contribution is -2.35. The predicted molar refractivity (Wildman–Crippen MR) is 76.7 cm³/mol. The molecule has 1 heterocycles. The van der Waals surface area contributed by atoms with E-state index in [0.29, 0.717) is 12.0 Å². The molecule has 17 heavy (non-hydrogen) atoms. The molecule has 0 aromatic carbocycles. The van der Waals surface area contributed by atoms with Crippen LogP contribution in [0.4, 0.5) is 0 Å². The summed E-state index contributed by atoms with van der Waals surface area (Å²) in [6.07, 6.45) is 0. The van der Waals surface area contributed by atoms with Crippen molar-refractivity contribution in [1.29, 1.82) is 0 Å². The van der Waals surface area contributed by atoms with E-state index in [9.17, 15) is 0 Å². The SMILES string of the molecule is CCNC(CSc1cc(C)cc(C)n1)C(C)C. The molecule has 3 heteroatoms. The first-order chi connectivity index (χ1) is 8.02. The van der Waals surface area contributed by atoms with Gasteiger partial charge in [0, 0.05) is 17.5 Å². The van der Waals surface area contributed by atoms with E-state index in [0.717, 1.165) is 23.0 Å². The van der Waals surface area contributed by atoms with Gasteiger partial charge in [-0.2, -0.15) is 0 Å². The molecule has 1 atom stereocenters. The third-order valence-corrected chi connectivity index (χ3v) is 3.79. The number of hydrogen-bond donors (Lipinski definition) is 1. The second kappa shape index (κ2) is 7.02. The smallest absolute Gasteiger partial charge is 0.0966 e. The number of nitrogens with one attached hydrogen (secondary N) is 1. The van der Waals surface area contributed by atoms with Gasteiger partial charge in [-0.3, -0.25) is 0 Å². The monoisotopic (exact) mass is 252 g/mol. The zero-order valence-corrected chi connectivity index (χ0v) is 12.4. The third kappa shape index (κ3) is 5.09. The van der Waals surface area contributed by atoms with Crippen LogP contribution in [0.15, 0.2) is 17.2 Å². The maximum absolute atomic E-state index is 4.56. The summed E-state index contributed by atoms with van der Waals surface area (Å²) in [7, 11) is 0. The van der Waals surface area contributed by atoms with Gasteiger partial charge in [0.05, 0.1) is 5.03 Å². The fourth-order valence-electron chi connectivity index (χ4n) is 1.80. The maximum atomic E-state index is 4.56. The lowest BCUT2D eigenvalue weighted by Gasteiger charge is -2.21. The Morgan fingerprint density at radius 1 is 1.29 bits per heavy atom. The van der Waals surface area contributed by atoms with Gasteiger partial charge in [0.1, 0.15) is 0 Å². The predicted octanol–water partition coefficient (Wildman–Crippen LogP) is 3.42. The van der Waals surface area contributed by atoms with Crippen LogP contribution in [0, 0.1) is 19.8 Å². The van der Waals surface area contributed by atoms with E-state index in [1.54, 1.807) is 0 Å². The summed E-state index contributed by atoms with van der Waals surface area (Å²) >= 11 is 1.85. The maximum Gasteiger partial charge on any atom is 0.0966 e. The van der Waals surface area contributed by atoms with Gasteiger partial charge in [0.2, 0.25) is 0 Å². The molecule has 0 amide bonds. The summed E-state index contributed by atoms with van der Waals surface area (Å²) < 4.78 is 0. The van der Waals surface area contributed by atoms with Crippen LogP contribution in [0.25, 0.3) is 0 Å². The van der Waals surface area contributed by atoms with Crippen LogP contribution < -0.4 is 5.32 Å². The van der Waals surface area contributed by atoms with Gasteiger partial charge in [-0.15, -0.1) is 11.8 Å². The van der Waals surface area contributed by atoms with E-state index >= 15 is 0 Å². The Kier molecular flexibility index (Phi) is 6.00. The number of hydrogen-bond acceptors (Lipinski definition) is 3. The Morgan fingerprint density at radius 2 is 2.00 bits per heavy atom. The van der Waals surface area contributed by atoms with Crippen molar-refractivity contribution < 1.29 is 0 Å². The summed E-state index contributed by atoms with van der Waals surface area (Å²) in [6, 6.07) is 4.85. The molecule has 96 valence electrons. The molecule has 0 saturated heterocycles. The van der Waals surface area contributed by atoms with E-state index < -0.39 is 0 Å². The van der Waals surface area contributed by atoms with Crippen LogP contribution in [-0.2, 0) is 0 Å². The zero-order chi connectivity index (χ0) is 12.8. The second-order valence-corrected chi connectivity index (χ2v) is 5.88. The second-order valence-electron chi connectivity index (χ2n) is 4.84. The number of rotatable bonds is 6. The lowest BCUT2D eigenvalue weighted by molar-refractivity contribution is 0.443. The van der Waals surface area contributed by atoms with Crippen molar-refractivity contribution in [2.45, 2.75) is 45.7 Å². The molecule has 1 rings (SSSR count). The molecular weight excluding hydrogens is 228 g/mol. The molecule has 0 saturated carbocycles. The van der Waals surface area contributed by atoms with Crippen molar-refractivity contribution in [3.63, 3.8) is 0 Å². The Balaban J connectivity index is 2.58. The van der Waals surface area contributed by atoms with Crippen molar-refractivity contribution in [3.05, 3.63) is 23.4 Å². The average molecular weight is 252 g/mol. The number of nitrogens with zero attached hydrogens (tertiary/aromatic N) is 1. The number of pyridine rings is 1. The Bertz CT molecular complexity index is 330. The standard InChI is InChI=1S/C14H24N2S/c1-6-15-13(10(2)3)9-17-14-8-11(4)7-12(5)16-14/h7-8,10,13,15H,6,9H2,1-5H3. The van der Waals surface area contributed by atoms with Gasteiger partial charge >= 0.3 is 0 Å². The molecule has 0 fully saturated rings. The van der Waals surface area contributed by atoms with Gasteiger partial charge in [0.15, 0.2) is 0 Å². The first-order valence-electron chi connectivity index (χ1n) is 6.34. The molecule has 1 unspecified atom stereocenters. The number of thioether (sulfide) groups is 1. The van der Waals surface area contributed by atoms with Crippen molar-refractivity contribution in [2.75, 3.05) is 12.3 Å². The third-order valence-electron chi connectivity index (χ3n) is 2.76. The average Bonchev–Trinajstić information content (AvgIpc) is 2.22. The van der Waals surface area contributed by atoms with E-state index in [1.807, 2.05) is 11.8 Å². The summed E-state index contributed by atoms with van der Waals surface area (Å²) in [4.78, 5) is 4.56. The Morgan fingerprint density at radius 3 is 2.53 bits per heavy atom. The molecule has 0 aliphatic carbocycles. The van der Waals surface area contributed by atoms with Crippen LogP contribution in [0.3, 0.4) is 0 Å². The topological polar surface area (TPSA) is 24.9 Å². The van der Waals surface area contributed by atoms with Crippen molar-refractivity contribution in [2.24, 2.45) is 5.92 Å². The molecule has 1 aromatic heterocycles. The van der Waals surface area contributed by atoms with E-state index in [1.165, 1.54) is 5.56 Å². The highest BCUT2D eigenvalue weighted by Crippen LogP contribution is 2.20. The minimum Gasteiger partial charge on any atom is -0.313 e. The molecule has 0 bridgehead atoms.